The molecular weight excluding hydrogens is 156 g/mol. The van der Waals surface area contributed by atoms with Crippen LogP contribution in [0.15, 0.2) is 4.63 Å². The summed E-state index contributed by atoms with van der Waals surface area (Å²) in [6.07, 6.45) is 0. The van der Waals surface area contributed by atoms with Gasteiger partial charge in [0.25, 0.3) is 5.69 Å². The van der Waals surface area contributed by atoms with E-state index in [9.17, 15) is 10.0 Å². The van der Waals surface area contributed by atoms with Crippen LogP contribution < -0.4 is 4.90 Å². The molecule has 0 spiro atoms. The number of nitrogens with zero attached hydrogens (tertiary/aromatic N) is 2. The van der Waals surface area contributed by atoms with Gasteiger partial charge in [0.2, 0.25) is 0 Å². The number of aromatic carboxylic acids is 1. The Kier molecular flexibility index (Phi) is 1.73. The molecule has 0 aromatic carbocycles. The second-order valence-corrected chi connectivity index (χ2v) is 1.69. The summed E-state index contributed by atoms with van der Waals surface area (Å²) >= 11 is 0. The van der Waals surface area contributed by atoms with Crippen LogP contribution in [0.1, 0.15) is 16.2 Å². The first-order chi connectivity index (χ1) is 5.16. The minimum atomic E-state index is -1.48. The Labute approximate surface area is 60.0 Å². The van der Waals surface area contributed by atoms with E-state index in [0.717, 1.165) is 0 Å². The van der Waals surface area contributed by atoms with E-state index in [1.807, 2.05) is 0 Å². The Balaban J connectivity index is 3.17. The number of carboxylic acids is 1. The van der Waals surface area contributed by atoms with Crippen molar-refractivity contribution < 1.29 is 24.5 Å². The molecule has 0 saturated carbocycles. The van der Waals surface area contributed by atoms with E-state index in [1.165, 1.54) is 0 Å². The van der Waals surface area contributed by atoms with Crippen LogP contribution in [0.5, 0.6) is 0 Å². The maximum Gasteiger partial charge on any atom is 0.384 e. The normalized spacial score (nSPS) is 9.91. The molecule has 0 radical (unpaired) electrons. The monoisotopic (exact) mass is 160 g/mol. The van der Waals surface area contributed by atoms with Gasteiger partial charge < -0.3 is 15.4 Å². The molecule has 0 bridgehead atoms. The Morgan fingerprint density at radius 2 is 2.45 bits per heavy atom. The molecule has 1 rings (SSSR count). The molecule has 0 unspecified atom stereocenters. The Morgan fingerprint density at radius 3 is 2.82 bits per heavy atom. The number of carboxylic acid groups (broad SMARTS) is 1. The van der Waals surface area contributed by atoms with E-state index in [4.69, 9.17) is 10.2 Å². The zero-order chi connectivity index (χ0) is 8.43. The van der Waals surface area contributed by atoms with Crippen molar-refractivity contribution in [3.8, 4) is 0 Å². The zero-order valence-electron chi connectivity index (χ0n) is 5.22. The van der Waals surface area contributed by atoms with Crippen LogP contribution in [0.25, 0.3) is 0 Å². The molecule has 7 nitrogen and oxygen atoms in total. The molecule has 0 fully saturated rings. The molecule has 11 heavy (non-hydrogen) atoms. The van der Waals surface area contributed by atoms with E-state index >= 15 is 0 Å². The average Bonchev–Trinajstić information content (AvgIpc) is 2.30. The first-order valence-corrected chi connectivity index (χ1v) is 2.59. The van der Waals surface area contributed by atoms with Crippen LogP contribution in [-0.2, 0) is 6.61 Å². The third kappa shape index (κ3) is 1.13. The standard InChI is InChI=1S/C4H4N2O5/c7-1-2-3(4(8)9)6(10)11-5-2/h7H,1H2,(H,8,9). The smallest absolute Gasteiger partial charge is 0.384 e. The molecule has 7 heteroatoms. The third-order valence-corrected chi connectivity index (χ3v) is 1.03. The topological polar surface area (TPSA) is 110 Å². The highest BCUT2D eigenvalue weighted by molar-refractivity contribution is 5.84. The fraction of sp³-hybridized carbons (Fsp3) is 0.250. The van der Waals surface area contributed by atoms with Crippen molar-refractivity contribution in [3.05, 3.63) is 16.6 Å². The minimum Gasteiger partial charge on any atom is -0.475 e. The molecule has 0 amide bonds. The molecule has 1 aromatic heterocycles. The molecule has 1 heterocycles. The van der Waals surface area contributed by atoms with Crippen LogP contribution in [0.2, 0.25) is 0 Å². The van der Waals surface area contributed by atoms with E-state index in [2.05, 4.69) is 9.79 Å². The van der Waals surface area contributed by atoms with Gasteiger partial charge in [-0.05, 0) is 4.90 Å². The van der Waals surface area contributed by atoms with Gasteiger partial charge in [-0.1, -0.05) is 0 Å². The average molecular weight is 160 g/mol. The fourth-order valence-corrected chi connectivity index (χ4v) is 0.581. The first-order valence-electron chi connectivity index (χ1n) is 2.59. The van der Waals surface area contributed by atoms with Gasteiger partial charge in [0, 0.05) is 5.16 Å². The van der Waals surface area contributed by atoms with Crippen molar-refractivity contribution in [2.45, 2.75) is 6.61 Å². The summed E-state index contributed by atoms with van der Waals surface area (Å²) in [7, 11) is 0. The van der Waals surface area contributed by atoms with Gasteiger partial charge >= 0.3 is 11.7 Å². The van der Waals surface area contributed by atoms with Crippen LogP contribution in [0.3, 0.4) is 0 Å². The van der Waals surface area contributed by atoms with Crippen molar-refractivity contribution in [3.63, 3.8) is 0 Å². The van der Waals surface area contributed by atoms with E-state index < -0.39 is 18.3 Å². The van der Waals surface area contributed by atoms with E-state index in [1.54, 1.807) is 0 Å². The molecule has 0 aliphatic carbocycles. The van der Waals surface area contributed by atoms with Gasteiger partial charge in [-0.3, -0.25) is 4.63 Å². The molecule has 0 atom stereocenters. The summed E-state index contributed by atoms with van der Waals surface area (Å²) in [5.74, 6) is -1.48. The highest BCUT2D eigenvalue weighted by Gasteiger charge is 2.24. The number of carbonyl (C=O) groups is 1. The lowest BCUT2D eigenvalue weighted by molar-refractivity contribution is -0.804. The number of aromatic nitrogens is 2. The summed E-state index contributed by atoms with van der Waals surface area (Å²) in [6.45, 7) is -0.639. The zero-order valence-corrected chi connectivity index (χ0v) is 5.22. The van der Waals surface area contributed by atoms with Gasteiger partial charge in [0.05, 0.1) is 0 Å². The number of aliphatic hydroxyl groups excluding tert-OH is 1. The molecule has 0 aliphatic rings. The van der Waals surface area contributed by atoms with Crippen LogP contribution in [0.4, 0.5) is 0 Å². The summed E-state index contributed by atoms with van der Waals surface area (Å²) in [5, 5.41) is 30.2. The van der Waals surface area contributed by atoms with Gasteiger partial charge in [0.1, 0.15) is 6.61 Å². The molecule has 1 aromatic rings. The second kappa shape index (κ2) is 2.54. The lowest BCUT2D eigenvalue weighted by Crippen LogP contribution is -2.31. The largest absolute Gasteiger partial charge is 0.475 e. The number of hydrogen-bond donors (Lipinski definition) is 2. The summed E-state index contributed by atoms with van der Waals surface area (Å²) in [5.41, 5.74) is -0.972. The maximum atomic E-state index is 10.4. The quantitative estimate of drug-likeness (QED) is 0.509. The summed E-state index contributed by atoms with van der Waals surface area (Å²) in [6, 6.07) is 0. The molecule has 2 N–H and O–H groups in total. The lowest BCUT2D eigenvalue weighted by atomic mass is 10.3. The van der Waals surface area contributed by atoms with Gasteiger partial charge in [0.15, 0.2) is 0 Å². The maximum absolute atomic E-state index is 10.4. The Hall–Kier alpha value is -1.63. The lowest BCUT2D eigenvalue weighted by Gasteiger charge is -1.87. The third-order valence-electron chi connectivity index (χ3n) is 1.03. The van der Waals surface area contributed by atoms with Crippen LogP contribution in [0, 0.1) is 5.21 Å². The Bertz CT molecular complexity index is 280. The predicted octanol–water partition coefficient (Wildman–Crippen LogP) is -1.50. The second-order valence-electron chi connectivity index (χ2n) is 1.69. The van der Waals surface area contributed by atoms with Crippen molar-refractivity contribution in [1.82, 2.24) is 5.16 Å². The molecule has 0 saturated heterocycles. The SMILES string of the molecule is O=C(O)c1c(CO)no[n+]1[O-]. The van der Waals surface area contributed by atoms with E-state index in [-0.39, 0.29) is 10.6 Å². The Morgan fingerprint density at radius 1 is 1.82 bits per heavy atom. The van der Waals surface area contributed by atoms with Crippen molar-refractivity contribution in [1.29, 1.82) is 0 Å². The summed E-state index contributed by atoms with van der Waals surface area (Å²) < 4.78 is 3.92. The first kappa shape index (κ1) is 7.48. The number of rotatable bonds is 2. The number of hydrogen-bond acceptors (Lipinski definition) is 5. The minimum absolute atomic E-state index is 0.270. The fourth-order valence-electron chi connectivity index (χ4n) is 0.581. The van der Waals surface area contributed by atoms with Gasteiger partial charge in [-0.15, -0.1) is 0 Å². The van der Waals surface area contributed by atoms with Crippen molar-refractivity contribution >= 4 is 5.97 Å². The molecule has 60 valence electrons. The number of aliphatic hydroxyl groups is 1. The molecule has 0 aliphatic heterocycles. The van der Waals surface area contributed by atoms with E-state index in [0.29, 0.717) is 0 Å². The van der Waals surface area contributed by atoms with Gasteiger partial charge in [-0.2, -0.15) is 0 Å². The summed E-state index contributed by atoms with van der Waals surface area (Å²) in [4.78, 5) is 9.96. The van der Waals surface area contributed by atoms with Crippen LogP contribution in [-0.4, -0.2) is 21.3 Å². The van der Waals surface area contributed by atoms with Crippen molar-refractivity contribution in [2.24, 2.45) is 0 Å². The van der Waals surface area contributed by atoms with Gasteiger partial charge in [-0.25, -0.2) is 4.79 Å². The molecular formula is C4H4N2O5. The van der Waals surface area contributed by atoms with Crippen molar-refractivity contribution in [2.75, 3.05) is 0 Å². The highest BCUT2D eigenvalue weighted by atomic mass is 16.8. The van der Waals surface area contributed by atoms with Crippen LogP contribution >= 0.6 is 0 Å². The predicted molar refractivity (Wildman–Crippen MR) is 28.3 cm³/mol. The highest BCUT2D eigenvalue weighted by Crippen LogP contribution is 1.99.